The molecule has 0 amide bonds. The molecule has 1 aliphatic rings. The van der Waals surface area contributed by atoms with Crippen LogP contribution >= 0.6 is 24.2 Å². The molecule has 2 aromatic heterocycles. The van der Waals surface area contributed by atoms with Crippen molar-refractivity contribution in [1.29, 1.82) is 0 Å². The maximum absolute atomic E-state index is 4.47. The number of hydrogen-bond donors (Lipinski definition) is 1. The van der Waals surface area contributed by atoms with E-state index in [0.717, 1.165) is 17.5 Å². The maximum atomic E-state index is 4.47. The zero-order valence-electron chi connectivity index (χ0n) is 9.59. The van der Waals surface area contributed by atoms with Crippen LogP contribution in [0.3, 0.4) is 0 Å². The standard InChI is InChI=1S/C13H11N3S.ClH/c1-2-4-11-9(3-1)10(7-14-11)12-8-15-13-16(12)5-6-17-13;/h1-4,7-8,14H,5-6H2;1H. The maximum Gasteiger partial charge on any atom is 0.168 e. The Morgan fingerprint density at radius 3 is 3.11 bits per heavy atom. The Hall–Kier alpha value is -1.39. The SMILES string of the molecule is Cl.c1ccc2c(-c3cnc4n3CCS4)c[nH]c2c1. The minimum atomic E-state index is 0. The second kappa shape index (κ2) is 4.37. The van der Waals surface area contributed by atoms with Crippen LogP contribution in [0.5, 0.6) is 0 Å². The van der Waals surface area contributed by atoms with Crippen molar-refractivity contribution >= 4 is 35.1 Å². The summed E-state index contributed by atoms with van der Waals surface area (Å²) in [6, 6.07) is 8.40. The zero-order valence-corrected chi connectivity index (χ0v) is 11.2. The molecule has 0 spiro atoms. The Morgan fingerprint density at radius 2 is 2.17 bits per heavy atom. The molecule has 4 rings (SSSR count). The normalized spacial score (nSPS) is 13.6. The second-order valence-electron chi connectivity index (χ2n) is 4.17. The molecule has 0 saturated carbocycles. The van der Waals surface area contributed by atoms with Crippen LogP contribution in [0.25, 0.3) is 22.2 Å². The van der Waals surface area contributed by atoms with Crippen LogP contribution in [0.2, 0.25) is 0 Å². The first kappa shape index (κ1) is 11.7. The third kappa shape index (κ3) is 1.56. The van der Waals surface area contributed by atoms with E-state index in [0.29, 0.717) is 0 Å². The van der Waals surface area contributed by atoms with Crippen LogP contribution in [0.15, 0.2) is 41.8 Å². The number of H-pyrrole nitrogens is 1. The molecule has 0 atom stereocenters. The van der Waals surface area contributed by atoms with Crippen molar-refractivity contribution in [3.8, 4) is 11.3 Å². The molecule has 1 N–H and O–H groups in total. The Bertz CT molecular complexity index is 701. The number of aromatic amines is 1. The van der Waals surface area contributed by atoms with Crippen LogP contribution in [-0.2, 0) is 6.54 Å². The van der Waals surface area contributed by atoms with Crippen molar-refractivity contribution in [2.24, 2.45) is 0 Å². The number of halogens is 1. The third-order valence-electron chi connectivity index (χ3n) is 3.23. The molecule has 3 heterocycles. The average molecular weight is 278 g/mol. The van der Waals surface area contributed by atoms with E-state index in [4.69, 9.17) is 0 Å². The van der Waals surface area contributed by atoms with Gasteiger partial charge < -0.3 is 9.55 Å². The zero-order chi connectivity index (χ0) is 11.2. The fourth-order valence-corrected chi connectivity index (χ4v) is 3.35. The summed E-state index contributed by atoms with van der Waals surface area (Å²) in [7, 11) is 0. The van der Waals surface area contributed by atoms with Crippen LogP contribution in [0, 0.1) is 0 Å². The smallest absolute Gasteiger partial charge is 0.168 e. The molecule has 5 heteroatoms. The van der Waals surface area contributed by atoms with Gasteiger partial charge in [0.25, 0.3) is 0 Å². The molecule has 18 heavy (non-hydrogen) atoms. The van der Waals surface area contributed by atoms with E-state index < -0.39 is 0 Å². The number of para-hydroxylation sites is 1. The predicted molar refractivity (Wildman–Crippen MR) is 77.5 cm³/mol. The molecule has 1 aliphatic heterocycles. The molecule has 0 unspecified atom stereocenters. The Labute approximate surface area is 115 Å². The summed E-state index contributed by atoms with van der Waals surface area (Å²) in [6.45, 7) is 1.06. The van der Waals surface area contributed by atoms with Gasteiger partial charge in [0.2, 0.25) is 0 Å². The number of thioether (sulfide) groups is 1. The summed E-state index contributed by atoms with van der Waals surface area (Å²) in [5.41, 5.74) is 3.66. The minimum absolute atomic E-state index is 0. The Kier molecular flexibility index (Phi) is 2.84. The van der Waals surface area contributed by atoms with Gasteiger partial charge in [-0.1, -0.05) is 30.0 Å². The lowest BCUT2D eigenvalue weighted by atomic mass is 10.1. The monoisotopic (exact) mass is 277 g/mol. The van der Waals surface area contributed by atoms with Gasteiger partial charge in [0.05, 0.1) is 11.9 Å². The van der Waals surface area contributed by atoms with Crippen molar-refractivity contribution in [2.75, 3.05) is 5.75 Å². The second-order valence-corrected chi connectivity index (χ2v) is 5.24. The van der Waals surface area contributed by atoms with Crippen molar-refractivity contribution in [2.45, 2.75) is 11.7 Å². The van der Waals surface area contributed by atoms with Gasteiger partial charge in [0, 0.05) is 35.0 Å². The van der Waals surface area contributed by atoms with Gasteiger partial charge in [-0.25, -0.2) is 4.98 Å². The number of nitrogens with one attached hydrogen (secondary N) is 1. The summed E-state index contributed by atoms with van der Waals surface area (Å²) >= 11 is 1.83. The van der Waals surface area contributed by atoms with E-state index in [9.17, 15) is 0 Å². The first-order valence-corrected chi connectivity index (χ1v) is 6.67. The number of rotatable bonds is 1. The third-order valence-corrected chi connectivity index (χ3v) is 4.20. The molecular weight excluding hydrogens is 266 g/mol. The van der Waals surface area contributed by atoms with Crippen molar-refractivity contribution in [3.63, 3.8) is 0 Å². The highest BCUT2D eigenvalue weighted by Gasteiger charge is 2.18. The molecule has 3 nitrogen and oxygen atoms in total. The molecule has 3 aromatic rings. The van der Waals surface area contributed by atoms with Gasteiger partial charge in [0.1, 0.15) is 0 Å². The van der Waals surface area contributed by atoms with E-state index in [2.05, 4.69) is 45.0 Å². The summed E-state index contributed by atoms with van der Waals surface area (Å²) < 4.78 is 2.31. The lowest BCUT2D eigenvalue weighted by Crippen LogP contribution is -1.95. The van der Waals surface area contributed by atoms with Crippen LogP contribution in [0.4, 0.5) is 0 Å². The van der Waals surface area contributed by atoms with Gasteiger partial charge in [-0.3, -0.25) is 0 Å². The van der Waals surface area contributed by atoms with E-state index in [1.807, 2.05) is 18.0 Å². The Morgan fingerprint density at radius 1 is 1.28 bits per heavy atom. The molecule has 0 fully saturated rings. The van der Waals surface area contributed by atoms with Crippen LogP contribution < -0.4 is 0 Å². The van der Waals surface area contributed by atoms with Crippen molar-refractivity contribution in [1.82, 2.24) is 14.5 Å². The topological polar surface area (TPSA) is 33.6 Å². The number of aromatic nitrogens is 3. The van der Waals surface area contributed by atoms with Gasteiger partial charge in [-0.2, -0.15) is 0 Å². The van der Waals surface area contributed by atoms with Gasteiger partial charge >= 0.3 is 0 Å². The number of imidazole rings is 1. The molecule has 1 aromatic carbocycles. The highest BCUT2D eigenvalue weighted by molar-refractivity contribution is 7.99. The molecule has 0 radical (unpaired) electrons. The summed E-state index contributed by atoms with van der Waals surface area (Å²) in [5, 5.41) is 2.41. The lowest BCUT2D eigenvalue weighted by Gasteiger charge is -2.02. The summed E-state index contributed by atoms with van der Waals surface area (Å²) in [5.74, 6) is 1.14. The summed E-state index contributed by atoms with van der Waals surface area (Å²) in [6.07, 6.45) is 4.06. The Balaban J connectivity index is 0.000001000. The van der Waals surface area contributed by atoms with Crippen molar-refractivity contribution in [3.05, 3.63) is 36.7 Å². The number of nitrogens with zero attached hydrogens (tertiary/aromatic N) is 2. The number of benzene rings is 1. The lowest BCUT2D eigenvalue weighted by molar-refractivity contribution is 0.727. The number of fused-ring (bicyclic) bond motifs is 2. The van der Waals surface area contributed by atoms with E-state index >= 15 is 0 Å². The largest absolute Gasteiger partial charge is 0.360 e. The molecule has 0 bridgehead atoms. The first-order valence-electron chi connectivity index (χ1n) is 5.68. The molecule has 92 valence electrons. The highest BCUT2D eigenvalue weighted by atomic mass is 35.5. The average Bonchev–Trinajstić information content (AvgIpc) is 3.02. The molecule has 0 saturated heterocycles. The fourth-order valence-electron chi connectivity index (χ4n) is 2.42. The summed E-state index contributed by atoms with van der Waals surface area (Å²) in [4.78, 5) is 7.79. The first-order chi connectivity index (χ1) is 8.43. The van der Waals surface area contributed by atoms with Crippen molar-refractivity contribution < 1.29 is 0 Å². The van der Waals surface area contributed by atoms with Gasteiger partial charge in [0.15, 0.2) is 5.16 Å². The molecule has 0 aliphatic carbocycles. The van der Waals surface area contributed by atoms with E-state index in [1.165, 1.54) is 22.2 Å². The van der Waals surface area contributed by atoms with E-state index in [-0.39, 0.29) is 12.4 Å². The highest BCUT2D eigenvalue weighted by Crippen LogP contribution is 2.34. The quantitative estimate of drug-likeness (QED) is 0.738. The fraction of sp³-hybridized carbons (Fsp3) is 0.154. The predicted octanol–water partition coefficient (Wildman–Crippen LogP) is 3.56. The number of hydrogen-bond acceptors (Lipinski definition) is 2. The van der Waals surface area contributed by atoms with Gasteiger partial charge in [-0.05, 0) is 6.07 Å². The van der Waals surface area contributed by atoms with E-state index in [1.54, 1.807) is 0 Å². The molecular formula is C13H12ClN3S. The van der Waals surface area contributed by atoms with Crippen LogP contribution in [-0.4, -0.2) is 20.3 Å². The minimum Gasteiger partial charge on any atom is -0.360 e. The van der Waals surface area contributed by atoms with Gasteiger partial charge in [-0.15, -0.1) is 12.4 Å². The van der Waals surface area contributed by atoms with Crippen LogP contribution in [0.1, 0.15) is 0 Å².